The first kappa shape index (κ1) is 30.7. The topological polar surface area (TPSA) is 126 Å². The highest BCUT2D eigenvalue weighted by molar-refractivity contribution is 6.05. The molecule has 1 fully saturated rings. The van der Waals surface area contributed by atoms with E-state index in [0.29, 0.717) is 52.3 Å². The molecular formula is C33H40N6O5. The summed E-state index contributed by atoms with van der Waals surface area (Å²) in [4.78, 5) is 45.2. The van der Waals surface area contributed by atoms with Gasteiger partial charge in [-0.15, -0.1) is 0 Å². The summed E-state index contributed by atoms with van der Waals surface area (Å²) in [7, 11) is 3.29. The molecule has 0 radical (unpaired) electrons. The van der Waals surface area contributed by atoms with E-state index in [1.165, 1.54) is 7.11 Å². The summed E-state index contributed by atoms with van der Waals surface area (Å²) in [6.45, 7) is 5.11. The number of aromatic nitrogens is 1. The summed E-state index contributed by atoms with van der Waals surface area (Å²) in [5.74, 6) is 0.410. The second-order valence-corrected chi connectivity index (χ2v) is 11.4. The van der Waals surface area contributed by atoms with Gasteiger partial charge in [-0.2, -0.15) is 0 Å². The highest BCUT2D eigenvalue weighted by Crippen LogP contribution is 2.38. The zero-order chi connectivity index (χ0) is 31.2. The number of nitrogens with one attached hydrogen (secondary N) is 3. The summed E-state index contributed by atoms with van der Waals surface area (Å²) in [6.07, 6.45) is 7.20. The summed E-state index contributed by atoms with van der Waals surface area (Å²) < 4.78 is 13.2. The Bertz CT molecular complexity index is 1540. The van der Waals surface area contributed by atoms with E-state index in [-0.39, 0.29) is 36.8 Å². The predicted molar refractivity (Wildman–Crippen MR) is 172 cm³/mol. The molecule has 3 aromatic rings. The third-order valence-corrected chi connectivity index (χ3v) is 7.63. The molecule has 1 saturated heterocycles. The lowest BCUT2D eigenvalue weighted by molar-refractivity contribution is -0.116. The molecular weight excluding hydrogens is 560 g/mol. The van der Waals surface area contributed by atoms with Crippen LogP contribution in [0.15, 0.2) is 53.7 Å². The Kier molecular flexibility index (Phi) is 9.52. The number of rotatable bonds is 11. The Balaban J connectivity index is 1.13. The van der Waals surface area contributed by atoms with Crippen LogP contribution in [-0.4, -0.2) is 65.7 Å². The fourth-order valence-corrected chi connectivity index (χ4v) is 5.46. The number of benzene rings is 2. The number of anilines is 3. The number of aryl methyl sites for hydroxylation is 1. The van der Waals surface area contributed by atoms with E-state index in [1.54, 1.807) is 36.0 Å². The lowest BCUT2D eigenvalue weighted by Crippen LogP contribution is -2.43. The minimum Gasteiger partial charge on any atom is -0.493 e. The van der Waals surface area contributed by atoms with Crippen LogP contribution in [0.3, 0.4) is 0 Å². The van der Waals surface area contributed by atoms with E-state index in [2.05, 4.69) is 34.8 Å². The fraction of sp³-hybridized carbons (Fsp3) is 0.394. The second-order valence-electron chi connectivity index (χ2n) is 11.4. The zero-order valence-corrected chi connectivity index (χ0v) is 25.7. The number of nitrogens with zero attached hydrogens (tertiary/aromatic N) is 3. The number of aliphatic imine (C=N–C) groups is 1. The molecule has 11 nitrogen and oxygen atoms in total. The van der Waals surface area contributed by atoms with Crippen molar-refractivity contribution in [2.45, 2.75) is 58.0 Å². The van der Waals surface area contributed by atoms with E-state index in [9.17, 15) is 14.4 Å². The Morgan fingerprint density at radius 2 is 1.80 bits per heavy atom. The van der Waals surface area contributed by atoms with Crippen molar-refractivity contribution < 1.29 is 23.9 Å². The van der Waals surface area contributed by atoms with Crippen LogP contribution in [0.1, 0.15) is 66.8 Å². The maximum absolute atomic E-state index is 13.2. The summed E-state index contributed by atoms with van der Waals surface area (Å²) >= 11 is 0. The van der Waals surface area contributed by atoms with Gasteiger partial charge >= 0.3 is 0 Å². The van der Waals surface area contributed by atoms with Crippen molar-refractivity contribution in [2.24, 2.45) is 12.0 Å². The van der Waals surface area contributed by atoms with Crippen molar-refractivity contribution in [1.29, 1.82) is 0 Å². The largest absolute Gasteiger partial charge is 0.493 e. The van der Waals surface area contributed by atoms with Crippen LogP contribution in [0.2, 0.25) is 0 Å². The van der Waals surface area contributed by atoms with Crippen molar-refractivity contribution in [3.63, 3.8) is 0 Å². The van der Waals surface area contributed by atoms with Gasteiger partial charge in [-0.05, 0) is 75.9 Å². The Hall–Kier alpha value is -4.80. The van der Waals surface area contributed by atoms with Gasteiger partial charge in [0, 0.05) is 55.9 Å². The molecule has 0 saturated carbocycles. The SMILES string of the molecule is COc1cc2c(cc1OCCCC(=O)Nc1cc(C(=O)Nc3ccc(NC(C)C)cc3)n(C)c1)N=C[C@@H]1CCCCN1C2=O. The van der Waals surface area contributed by atoms with Crippen molar-refractivity contribution >= 4 is 46.7 Å². The highest BCUT2D eigenvalue weighted by atomic mass is 16.5. The molecule has 2 aromatic carbocycles. The number of fused-ring (bicyclic) bond motifs is 2. The lowest BCUT2D eigenvalue weighted by atomic mass is 10.0. The molecule has 0 spiro atoms. The standard InChI is InChI=1S/C33H40N6O5/c1-21(2)35-22-10-12-23(13-11-22)37-32(41)28-16-24(20-38(28)3)36-31(40)9-7-15-44-30-18-27-26(17-29(30)43-4)33(42)39-14-6-5-8-25(39)19-34-27/h10-13,16-21,25,35H,5-9,14-15H2,1-4H3,(H,36,40)(H,37,41)/t25-/m0/s1. The molecule has 3 heterocycles. The maximum atomic E-state index is 13.2. The molecule has 3 N–H and O–H groups in total. The van der Waals surface area contributed by atoms with Gasteiger partial charge in [0.05, 0.1) is 36.7 Å². The Morgan fingerprint density at radius 3 is 2.55 bits per heavy atom. The maximum Gasteiger partial charge on any atom is 0.272 e. The zero-order valence-electron chi connectivity index (χ0n) is 25.7. The molecule has 0 unspecified atom stereocenters. The normalized spacial score (nSPS) is 15.7. The fourth-order valence-electron chi connectivity index (χ4n) is 5.46. The van der Waals surface area contributed by atoms with Crippen molar-refractivity contribution in [3.8, 4) is 11.5 Å². The molecule has 1 aromatic heterocycles. The summed E-state index contributed by atoms with van der Waals surface area (Å²) in [5.41, 5.74) is 3.66. The molecule has 0 bridgehead atoms. The van der Waals surface area contributed by atoms with Gasteiger partial charge in [-0.25, -0.2) is 0 Å². The van der Waals surface area contributed by atoms with Gasteiger partial charge in [0.1, 0.15) is 5.69 Å². The average Bonchev–Trinajstić information content (AvgIpc) is 3.31. The predicted octanol–water partition coefficient (Wildman–Crippen LogP) is 5.61. The number of carbonyl (C=O) groups excluding carboxylic acids is 3. The van der Waals surface area contributed by atoms with Crippen LogP contribution in [-0.2, 0) is 11.8 Å². The van der Waals surface area contributed by atoms with Crippen LogP contribution in [0.5, 0.6) is 11.5 Å². The number of methoxy groups -OCH3 is 1. The molecule has 0 aliphatic carbocycles. The number of hydrogen-bond donors (Lipinski definition) is 3. The van der Waals surface area contributed by atoms with E-state index < -0.39 is 0 Å². The van der Waals surface area contributed by atoms with Crippen LogP contribution in [0.25, 0.3) is 0 Å². The summed E-state index contributed by atoms with van der Waals surface area (Å²) in [5, 5.41) is 9.06. The highest BCUT2D eigenvalue weighted by Gasteiger charge is 2.31. The quantitative estimate of drug-likeness (QED) is 0.246. The van der Waals surface area contributed by atoms with Gasteiger partial charge < -0.3 is 34.9 Å². The number of amides is 3. The van der Waals surface area contributed by atoms with Gasteiger partial charge in [-0.3, -0.25) is 19.4 Å². The molecule has 5 rings (SSSR count). The van der Waals surface area contributed by atoms with Gasteiger partial charge in [-0.1, -0.05) is 0 Å². The number of ether oxygens (including phenoxy) is 2. The smallest absolute Gasteiger partial charge is 0.272 e. The third-order valence-electron chi connectivity index (χ3n) is 7.63. The Morgan fingerprint density at radius 1 is 1.02 bits per heavy atom. The van der Waals surface area contributed by atoms with Gasteiger partial charge in [0.2, 0.25) is 5.91 Å². The molecule has 2 aliphatic heterocycles. The first-order chi connectivity index (χ1) is 21.2. The van der Waals surface area contributed by atoms with Crippen molar-refractivity contribution in [3.05, 3.63) is 59.9 Å². The molecule has 232 valence electrons. The molecule has 1 atom stereocenters. The van der Waals surface area contributed by atoms with Gasteiger partial charge in [0.15, 0.2) is 11.5 Å². The lowest BCUT2D eigenvalue weighted by Gasteiger charge is -2.32. The van der Waals surface area contributed by atoms with E-state index >= 15 is 0 Å². The van der Waals surface area contributed by atoms with Crippen molar-refractivity contribution in [2.75, 3.05) is 36.2 Å². The third kappa shape index (κ3) is 7.21. The minimum absolute atomic E-state index is 0.0113. The average molecular weight is 601 g/mol. The number of piperidine rings is 1. The van der Waals surface area contributed by atoms with Crippen LogP contribution < -0.4 is 25.4 Å². The number of hydrogen-bond acceptors (Lipinski definition) is 7. The van der Waals surface area contributed by atoms with E-state index in [4.69, 9.17) is 9.47 Å². The van der Waals surface area contributed by atoms with Crippen molar-refractivity contribution in [1.82, 2.24) is 9.47 Å². The molecule has 11 heteroatoms. The summed E-state index contributed by atoms with van der Waals surface area (Å²) in [6, 6.07) is 12.9. The van der Waals surface area contributed by atoms with Crippen LogP contribution in [0.4, 0.5) is 22.7 Å². The molecule has 3 amide bonds. The molecule has 44 heavy (non-hydrogen) atoms. The second kappa shape index (κ2) is 13.7. The van der Waals surface area contributed by atoms with E-state index in [1.807, 2.05) is 35.4 Å². The van der Waals surface area contributed by atoms with E-state index in [0.717, 1.165) is 31.5 Å². The molecule has 2 aliphatic rings. The monoisotopic (exact) mass is 600 g/mol. The Labute approximate surface area is 257 Å². The van der Waals surface area contributed by atoms with Crippen LogP contribution in [0, 0.1) is 0 Å². The first-order valence-corrected chi connectivity index (χ1v) is 15.1. The first-order valence-electron chi connectivity index (χ1n) is 15.1. The number of carbonyl (C=O) groups is 3. The van der Waals surface area contributed by atoms with Gasteiger partial charge in [0.25, 0.3) is 11.8 Å². The minimum atomic E-state index is -0.275. The van der Waals surface area contributed by atoms with Crippen LogP contribution >= 0.6 is 0 Å².